The molecule has 0 aliphatic carbocycles. The summed E-state index contributed by atoms with van der Waals surface area (Å²) in [6, 6.07) is -1.14. The van der Waals surface area contributed by atoms with Crippen LogP contribution in [0.1, 0.15) is 20.8 Å². The maximum Gasteiger partial charge on any atom is 0.325 e. The summed E-state index contributed by atoms with van der Waals surface area (Å²) in [5.41, 5.74) is 5.41. The number of rotatable bonds is 9. The summed E-state index contributed by atoms with van der Waals surface area (Å²) < 4.78 is 34.7. The Kier molecular flexibility index (Phi) is 8.21. The van der Waals surface area contributed by atoms with Crippen LogP contribution in [0.3, 0.4) is 0 Å². The zero-order chi connectivity index (χ0) is 15.9. The third-order valence-electron chi connectivity index (χ3n) is 2.24. The molecule has 9 heteroatoms. The van der Waals surface area contributed by atoms with E-state index in [9.17, 15) is 13.2 Å². The second-order valence-electron chi connectivity index (χ2n) is 4.82. The molecule has 0 fully saturated rings. The van der Waals surface area contributed by atoms with Crippen LogP contribution in [0.4, 0.5) is 0 Å². The molecule has 8 nitrogen and oxygen atoms in total. The van der Waals surface area contributed by atoms with Crippen LogP contribution in [0.15, 0.2) is 0 Å². The lowest BCUT2D eigenvalue weighted by atomic mass is 10.2. The number of ether oxygens (including phenoxy) is 2. The van der Waals surface area contributed by atoms with Crippen LogP contribution in [-0.2, 0) is 24.3 Å². The van der Waals surface area contributed by atoms with E-state index in [0.717, 1.165) is 6.26 Å². The predicted octanol–water partition coefficient (Wildman–Crippen LogP) is -1.42. The van der Waals surface area contributed by atoms with Gasteiger partial charge in [-0.2, -0.15) is 0 Å². The first-order chi connectivity index (χ1) is 9.03. The van der Waals surface area contributed by atoms with Crippen LogP contribution in [0, 0.1) is 0 Å². The van der Waals surface area contributed by atoms with Gasteiger partial charge in [-0.05, 0) is 20.8 Å². The molecule has 0 heterocycles. The van der Waals surface area contributed by atoms with E-state index in [1.165, 1.54) is 6.92 Å². The molecule has 0 bridgehead atoms. The van der Waals surface area contributed by atoms with Crippen molar-refractivity contribution in [1.82, 2.24) is 4.72 Å². The molecule has 0 unspecified atom stereocenters. The Balaban J connectivity index is 4.40. The monoisotopic (exact) mass is 312 g/mol. The van der Waals surface area contributed by atoms with Gasteiger partial charge in [0.1, 0.15) is 18.8 Å². The fourth-order valence-corrected chi connectivity index (χ4v) is 1.73. The molecule has 0 saturated heterocycles. The van der Waals surface area contributed by atoms with Gasteiger partial charge in [0.2, 0.25) is 10.0 Å². The van der Waals surface area contributed by atoms with Crippen molar-refractivity contribution in [3.8, 4) is 0 Å². The Morgan fingerprint density at radius 3 is 2.30 bits per heavy atom. The van der Waals surface area contributed by atoms with Crippen molar-refractivity contribution in [2.24, 2.45) is 5.73 Å². The number of aliphatic hydroxyl groups excluding tert-OH is 1. The highest BCUT2D eigenvalue weighted by Crippen LogP contribution is 2.01. The topological polar surface area (TPSA) is 128 Å². The highest BCUT2D eigenvalue weighted by molar-refractivity contribution is 7.88. The minimum atomic E-state index is -3.36. The van der Waals surface area contributed by atoms with Crippen molar-refractivity contribution in [2.45, 2.75) is 45.1 Å². The van der Waals surface area contributed by atoms with Crippen LogP contribution in [-0.4, -0.2) is 63.3 Å². The number of hydrogen-bond acceptors (Lipinski definition) is 7. The molecular formula is C11H24N2O6S. The first-order valence-electron chi connectivity index (χ1n) is 6.23. The Morgan fingerprint density at radius 1 is 1.35 bits per heavy atom. The third-order valence-corrected chi connectivity index (χ3v) is 2.93. The van der Waals surface area contributed by atoms with E-state index in [1.54, 1.807) is 13.8 Å². The molecule has 0 aromatic carbocycles. The molecule has 0 saturated carbocycles. The first kappa shape index (κ1) is 19.3. The summed E-state index contributed by atoms with van der Waals surface area (Å²) in [6.07, 6.45) is -0.795. The second-order valence-corrected chi connectivity index (χ2v) is 6.66. The Morgan fingerprint density at radius 2 is 1.90 bits per heavy atom. The zero-order valence-corrected chi connectivity index (χ0v) is 13.0. The Labute approximate surface area is 119 Å². The van der Waals surface area contributed by atoms with Gasteiger partial charge in [-0.15, -0.1) is 0 Å². The fourth-order valence-electron chi connectivity index (χ4n) is 1.24. The standard InChI is InChI=1S/C11H24N2O6S/c1-7(2)19-9(5-13-20(4,16)17)6-18-11(15)10(12)8(3)14/h7-10,13-14H,5-6,12H2,1-4H3/t8-,9+,10+/m1/s1. The van der Waals surface area contributed by atoms with Gasteiger partial charge in [0.15, 0.2) is 0 Å². The van der Waals surface area contributed by atoms with Gasteiger partial charge in [0.25, 0.3) is 0 Å². The maximum atomic E-state index is 11.5. The average Bonchev–Trinajstić information content (AvgIpc) is 2.29. The molecule has 120 valence electrons. The van der Waals surface area contributed by atoms with E-state index in [4.69, 9.17) is 20.3 Å². The van der Waals surface area contributed by atoms with Crippen LogP contribution in [0.2, 0.25) is 0 Å². The normalized spacial score (nSPS) is 16.8. The van der Waals surface area contributed by atoms with Gasteiger partial charge in [-0.3, -0.25) is 4.79 Å². The number of nitrogens with two attached hydrogens (primary N) is 1. The zero-order valence-electron chi connectivity index (χ0n) is 12.2. The molecule has 0 amide bonds. The number of nitrogens with one attached hydrogen (secondary N) is 1. The summed E-state index contributed by atoms with van der Waals surface area (Å²) in [5.74, 6) is -0.767. The molecule has 0 aromatic heterocycles. The molecule has 0 aliphatic rings. The minimum Gasteiger partial charge on any atom is -0.462 e. The lowest BCUT2D eigenvalue weighted by Gasteiger charge is -2.21. The fraction of sp³-hybridized carbons (Fsp3) is 0.909. The van der Waals surface area contributed by atoms with Crippen molar-refractivity contribution in [3.05, 3.63) is 0 Å². The van der Waals surface area contributed by atoms with Gasteiger partial charge in [-0.25, -0.2) is 13.1 Å². The average molecular weight is 312 g/mol. The number of carbonyl (C=O) groups excluding carboxylic acids is 1. The highest BCUT2D eigenvalue weighted by Gasteiger charge is 2.22. The summed E-state index contributed by atoms with van der Waals surface area (Å²) in [6.45, 7) is 4.75. The first-order valence-corrected chi connectivity index (χ1v) is 8.12. The highest BCUT2D eigenvalue weighted by atomic mass is 32.2. The van der Waals surface area contributed by atoms with Gasteiger partial charge in [-0.1, -0.05) is 0 Å². The molecule has 0 aromatic rings. The van der Waals surface area contributed by atoms with Crippen LogP contribution < -0.4 is 10.5 Å². The molecule has 3 atom stereocenters. The third kappa shape index (κ3) is 9.21. The second kappa shape index (κ2) is 8.53. The number of aliphatic hydroxyl groups is 1. The smallest absolute Gasteiger partial charge is 0.325 e. The summed E-state index contributed by atoms with van der Waals surface area (Å²) in [4.78, 5) is 11.5. The molecular weight excluding hydrogens is 288 g/mol. The molecule has 0 spiro atoms. The van der Waals surface area contributed by atoms with E-state index >= 15 is 0 Å². The molecule has 0 radical (unpaired) electrons. The van der Waals surface area contributed by atoms with E-state index in [-0.39, 0.29) is 19.3 Å². The van der Waals surface area contributed by atoms with Crippen molar-refractivity contribution in [3.63, 3.8) is 0 Å². The number of esters is 1. The van der Waals surface area contributed by atoms with E-state index in [2.05, 4.69) is 4.72 Å². The Hall–Kier alpha value is -0.740. The molecule has 0 rings (SSSR count). The van der Waals surface area contributed by atoms with Crippen molar-refractivity contribution in [1.29, 1.82) is 0 Å². The maximum absolute atomic E-state index is 11.5. The van der Waals surface area contributed by atoms with Crippen LogP contribution in [0.5, 0.6) is 0 Å². The Bertz CT molecular complexity index is 396. The number of carbonyl (C=O) groups is 1. The molecule has 4 N–H and O–H groups in total. The van der Waals surface area contributed by atoms with Gasteiger partial charge in [0, 0.05) is 6.54 Å². The summed E-state index contributed by atoms with van der Waals surface area (Å²) in [5, 5.41) is 9.16. The minimum absolute atomic E-state index is 0.0196. The molecule has 20 heavy (non-hydrogen) atoms. The van der Waals surface area contributed by atoms with Gasteiger partial charge >= 0.3 is 5.97 Å². The van der Waals surface area contributed by atoms with E-state index < -0.39 is 34.2 Å². The van der Waals surface area contributed by atoms with Crippen molar-refractivity contribution in [2.75, 3.05) is 19.4 Å². The quantitative estimate of drug-likeness (QED) is 0.446. The largest absolute Gasteiger partial charge is 0.462 e. The number of hydrogen-bond donors (Lipinski definition) is 3. The van der Waals surface area contributed by atoms with Gasteiger partial charge < -0.3 is 20.3 Å². The summed E-state index contributed by atoms with van der Waals surface area (Å²) in [7, 11) is -3.36. The number of sulfonamides is 1. The van der Waals surface area contributed by atoms with Crippen molar-refractivity contribution >= 4 is 16.0 Å². The lowest BCUT2D eigenvalue weighted by molar-refractivity contribution is -0.152. The SMILES string of the molecule is CC(C)O[C@@H](CNS(C)(=O)=O)COC(=O)[C@@H](N)[C@@H](C)O. The van der Waals surface area contributed by atoms with Crippen LogP contribution in [0.25, 0.3) is 0 Å². The van der Waals surface area contributed by atoms with E-state index in [1.807, 2.05) is 0 Å². The predicted molar refractivity (Wildman–Crippen MR) is 73.5 cm³/mol. The van der Waals surface area contributed by atoms with Crippen LogP contribution >= 0.6 is 0 Å². The summed E-state index contributed by atoms with van der Waals surface area (Å²) >= 11 is 0. The van der Waals surface area contributed by atoms with Crippen molar-refractivity contribution < 1.29 is 27.8 Å². The van der Waals surface area contributed by atoms with E-state index in [0.29, 0.717) is 0 Å². The molecule has 0 aliphatic heterocycles. The lowest BCUT2D eigenvalue weighted by Crippen LogP contribution is -2.44. The van der Waals surface area contributed by atoms with Gasteiger partial charge in [0.05, 0.1) is 18.5 Å².